The van der Waals surface area contributed by atoms with Crippen LogP contribution >= 0.6 is 11.6 Å². The van der Waals surface area contributed by atoms with E-state index in [2.05, 4.69) is 5.32 Å². The molecule has 1 amide bonds. The second-order valence-corrected chi connectivity index (χ2v) is 5.61. The number of carbonyl (C=O) groups excluding carboxylic acids is 1. The number of fused-ring (bicyclic) bond motifs is 1. The molecule has 0 fully saturated rings. The van der Waals surface area contributed by atoms with Crippen molar-refractivity contribution in [1.29, 1.82) is 0 Å². The number of rotatable bonds is 4. The lowest BCUT2D eigenvalue weighted by molar-refractivity contribution is 0.0938. The van der Waals surface area contributed by atoms with Crippen molar-refractivity contribution in [3.05, 3.63) is 23.8 Å². The van der Waals surface area contributed by atoms with Gasteiger partial charge in [-0.3, -0.25) is 4.79 Å². The summed E-state index contributed by atoms with van der Waals surface area (Å²) in [5, 5.41) is 2.88. The quantitative estimate of drug-likeness (QED) is 0.864. The van der Waals surface area contributed by atoms with Crippen molar-refractivity contribution < 1.29 is 14.3 Å². The Morgan fingerprint density at radius 1 is 1.32 bits per heavy atom. The van der Waals surface area contributed by atoms with Gasteiger partial charge in [-0.05, 0) is 23.6 Å². The number of carbonyl (C=O) groups is 1. The first-order chi connectivity index (χ1) is 9.02. The molecule has 2 rings (SSSR count). The van der Waals surface area contributed by atoms with E-state index in [1.54, 1.807) is 18.2 Å². The summed E-state index contributed by atoms with van der Waals surface area (Å²) in [5.41, 5.74) is 0.444. The molecule has 1 aromatic carbocycles. The van der Waals surface area contributed by atoms with E-state index >= 15 is 0 Å². The van der Waals surface area contributed by atoms with Crippen molar-refractivity contribution in [2.24, 2.45) is 5.41 Å². The second-order valence-electron chi connectivity index (χ2n) is 5.34. The molecule has 4 nitrogen and oxygen atoms in total. The number of hydrogen-bond donors (Lipinski definition) is 1. The number of halogens is 1. The number of benzene rings is 1. The van der Waals surface area contributed by atoms with Crippen LogP contribution in [0.5, 0.6) is 11.5 Å². The van der Waals surface area contributed by atoms with Gasteiger partial charge in [0, 0.05) is 18.0 Å². The summed E-state index contributed by atoms with van der Waals surface area (Å²) in [5.74, 6) is 1.67. The van der Waals surface area contributed by atoms with Crippen LogP contribution in [0, 0.1) is 5.41 Å². The van der Waals surface area contributed by atoms with Crippen LogP contribution in [0.25, 0.3) is 0 Å². The van der Waals surface area contributed by atoms with E-state index < -0.39 is 0 Å². The topological polar surface area (TPSA) is 47.6 Å². The van der Waals surface area contributed by atoms with Crippen LogP contribution in [0.3, 0.4) is 0 Å². The summed E-state index contributed by atoms with van der Waals surface area (Å²) in [6.45, 7) is 5.60. The summed E-state index contributed by atoms with van der Waals surface area (Å²) in [6, 6.07) is 5.20. The van der Waals surface area contributed by atoms with E-state index in [0.29, 0.717) is 42.7 Å². The minimum atomic E-state index is -0.129. The van der Waals surface area contributed by atoms with Gasteiger partial charge in [0.15, 0.2) is 11.5 Å². The lowest BCUT2D eigenvalue weighted by Gasteiger charge is -2.22. The summed E-state index contributed by atoms with van der Waals surface area (Å²) in [6.07, 6.45) is 0. The molecule has 0 bridgehead atoms. The van der Waals surface area contributed by atoms with E-state index in [1.807, 2.05) is 13.8 Å². The van der Waals surface area contributed by atoms with E-state index in [4.69, 9.17) is 21.1 Å². The Bertz CT molecular complexity index is 474. The van der Waals surface area contributed by atoms with Crippen molar-refractivity contribution in [3.8, 4) is 11.5 Å². The van der Waals surface area contributed by atoms with Crippen LogP contribution in [-0.4, -0.2) is 31.5 Å². The van der Waals surface area contributed by atoms with Gasteiger partial charge >= 0.3 is 0 Å². The largest absolute Gasteiger partial charge is 0.486 e. The minimum Gasteiger partial charge on any atom is -0.486 e. The highest BCUT2D eigenvalue weighted by molar-refractivity contribution is 6.18. The molecule has 0 saturated carbocycles. The van der Waals surface area contributed by atoms with Crippen LogP contribution in [-0.2, 0) is 0 Å². The maximum atomic E-state index is 12.0. The van der Waals surface area contributed by atoms with E-state index in [9.17, 15) is 4.79 Å². The van der Waals surface area contributed by atoms with E-state index in [-0.39, 0.29) is 11.3 Å². The van der Waals surface area contributed by atoms with Crippen LogP contribution in [0.1, 0.15) is 24.2 Å². The zero-order valence-corrected chi connectivity index (χ0v) is 11.9. The Morgan fingerprint density at radius 3 is 2.68 bits per heavy atom. The molecule has 5 heteroatoms. The van der Waals surface area contributed by atoms with Gasteiger partial charge < -0.3 is 14.8 Å². The van der Waals surface area contributed by atoms with Crippen molar-refractivity contribution in [2.75, 3.05) is 25.6 Å². The number of nitrogens with one attached hydrogen (secondary N) is 1. The Morgan fingerprint density at radius 2 is 2.00 bits per heavy atom. The number of alkyl halides is 1. The molecule has 0 unspecified atom stereocenters. The molecule has 0 saturated heterocycles. The molecule has 0 radical (unpaired) electrons. The van der Waals surface area contributed by atoms with E-state index in [1.165, 1.54) is 0 Å². The molecule has 1 aliphatic rings. The maximum Gasteiger partial charge on any atom is 0.251 e. The van der Waals surface area contributed by atoms with E-state index in [0.717, 1.165) is 0 Å². The first kappa shape index (κ1) is 14.0. The molecule has 1 aliphatic heterocycles. The highest BCUT2D eigenvalue weighted by Crippen LogP contribution is 2.30. The average Bonchev–Trinajstić information content (AvgIpc) is 2.44. The number of ether oxygens (including phenoxy) is 2. The van der Waals surface area contributed by atoms with Crippen molar-refractivity contribution in [1.82, 2.24) is 5.32 Å². The zero-order valence-electron chi connectivity index (χ0n) is 11.2. The monoisotopic (exact) mass is 283 g/mol. The van der Waals surface area contributed by atoms with Crippen molar-refractivity contribution >= 4 is 17.5 Å². The molecule has 1 aromatic rings. The third-order valence-corrected chi connectivity index (χ3v) is 3.62. The molecule has 0 aliphatic carbocycles. The van der Waals surface area contributed by atoms with Gasteiger partial charge in [-0.15, -0.1) is 11.6 Å². The van der Waals surface area contributed by atoms with Crippen LogP contribution in [0.4, 0.5) is 0 Å². The van der Waals surface area contributed by atoms with Gasteiger partial charge in [0.25, 0.3) is 5.91 Å². The molecule has 0 spiro atoms. The standard InChI is InChI=1S/C14H18ClNO3/c1-14(2,8-15)9-16-13(17)10-3-4-11-12(7-10)19-6-5-18-11/h3-4,7H,5-6,8-9H2,1-2H3,(H,16,17). The summed E-state index contributed by atoms with van der Waals surface area (Å²) in [4.78, 5) is 12.0. The SMILES string of the molecule is CC(C)(CCl)CNC(=O)c1ccc2c(c1)OCCO2. The van der Waals surface area contributed by atoms with Crippen molar-refractivity contribution in [3.63, 3.8) is 0 Å². The zero-order chi connectivity index (χ0) is 13.9. The van der Waals surface area contributed by atoms with Gasteiger partial charge in [0.05, 0.1) is 0 Å². The van der Waals surface area contributed by atoms with Gasteiger partial charge in [0.2, 0.25) is 0 Å². The molecule has 0 aromatic heterocycles. The smallest absolute Gasteiger partial charge is 0.251 e. The van der Waals surface area contributed by atoms with Gasteiger partial charge in [-0.1, -0.05) is 13.8 Å². The first-order valence-corrected chi connectivity index (χ1v) is 6.79. The molecule has 0 atom stereocenters. The Labute approximate surface area is 118 Å². The van der Waals surface area contributed by atoms with Crippen LogP contribution in [0.2, 0.25) is 0 Å². The van der Waals surface area contributed by atoms with Crippen LogP contribution < -0.4 is 14.8 Å². The third-order valence-electron chi connectivity index (χ3n) is 2.89. The molecule has 104 valence electrons. The Kier molecular flexibility index (Phi) is 4.20. The molecule has 19 heavy (non-hydrogen) atoms. The second kappa shape index (κ2) is 5.70. The predicted octanol–water partition coefficient (Wildman–Crippen LogP) is 2.45. The predicted molar refractivity (Wildman–Crippen MR) is 74.3 cm³/mol. The number of hydrogen-bond acceptors (Lipinski definition) is 3. The fourth-order valence-corrected chi connectivity index (χ4v) is 1.75. The molecule has 1 heterocycles. The first-order valence-electron chi connectivity index (χ1n) is 6.26. The summed E-state index contributed by atoms with van der Waals surface area (Å²) in [7, 11) is 0. The van der Waals surface area contributed by atoms with Gasteiger partial charge in [-0.25, -0.2) is 0 Å². The fourth-order valence-electron chi connectivity index (χ4n) is 1.65. The Hall–Kier alpha value is -1.42. The average molecular weight is 284 g/mol. The molecular formula is C14H18ClNO3. The van der Waals surface area contributed by atoms with Crippen LogP contribution in [0.15, 0.2) is 18.2 Å². The highest BCUT2D eigenvalue weighted by Gasteiger charge is 2.19. The third kappa shape index (κ3) is 3.53. The Balaban J connectivity index is 2.03. The van der Waals surface area contributed by atoms with Gasteiger partial charge in [-0.2, -0.15) is 0 Å². The van der Waals surface area contributed by atoms with Crippen molar-refractivity contribution in [2.45, 2.75) is 13.8 Å². The fraction of sp³-hybridized carbons (Fsp3) is 0.500. The maximum absolute atomic E-state index is 12.0. The summed E-state index contributed by atoms with van der Waals surface area (Å²) >= 11 is 5.83. The lowest BCUT2D eigenvalue weighted by Crippen LogP contribution is -2.35. The highest BCUT2D eigenvalue weighted by atomic mass is 35.5. The molecular weight excluding hydrogens is 266 g/mol. The van der Waals surface area contributed by atoms with Gasteiger partial charge in [0.1, 0.15) is 13.2 Å². The normalized spacial score (nSPS) is 14.1. The minimum absolute atomic E-state index is 0.120. The number of amides is 1. The lowest BCUT2D eigenvalue weighted by atomic mass is 9.96. The summed E-state index contributed by atoms with van der Waals surface area (Å²) < 4.78 is 10.9. The molecule has 1 N–H and O–H groups in total.